The Balaban J connectivity index is 1.86. The summed E-state index contributed by atoms with van der Waals surface area (Å²) in [7, 11) is 0. The van der Waals surface area contributed by atoms with Gasteiger partial charge in [0.2, 0.25) is 5.91 Å². The van der Waals surface area contributed by atoms with E-state index in [4.69, 9.17) is 18.0 Å². The Morgan fingerprint density at radius 3 is 2.67 bits per heavy atom. The molecule has 0 radical (unpaired) electrons. The zero-order valence-electron chi connectivity index (χ0n) is 12.5. The monoisotopic (exact) mass is 305 g/mol. The first kappa shape index (κ1) is 15.9. The second kappa shape index (κ2) is 7.52. The number of nitrogens with zero attached hydrogens (tertiary/aromatic N) is 1. The molecule has 1 amide bonds. The molecule has 1 aromatic carbocycles. The molecule has 21 heavy (non-hydrogen) atoms. The first-order valence-electron chi connectivity index (χ1n) is 7.40. The minimum Gasteiger partial charge on any atom is -0.389 e. The van der Waals surface area contributed by atoms with Crippen molar-refractivity contribution in [2.24, 2.45) is 11.7 Å². The third-order valence-corrected chi connectivity index (χ3v) is 4.24. The van der Waals surface area contributed by atoms with Gasteiger partial charge in [-0.3, -0.25) is 9.69 Å². The van der Waals surface area contributed by atoms with Crippen molar-refractivity contribution in [1.82, 2.24) is 10.2 Å². The van der Waals surface area contributed by atoms with Crippen LogP contribution in [0.15, 0.2) is 24.3 Å². The number of hydrogen-bond acceptors (Lipinski definition) is 3. The Morgan fingerprint density at radius 2 is 2.05 bits per heavy atom. The van der Waals surface area contributed by atoms with Gasteiger partial charge < -0.3 is 11.1 Å². The Labute approximate surface area is 131 Å². The molecule has 0 unspecified atom stereocenters. The molecule has 0 saturated carbocycles. The van der Waals surface area contributed by atoms with Crippen LogP contribution in [0.3, 0.4) is 0 Å². The number of piperidine rings is 1. The zero-order valence-corrected chi connectivity index (χ0v) is 13.3. The molecule has 0 spiro atoms. The molecule has 5 heteroatoms. The van der Waals surface area contributed by atoms with Crippen LogP contribution in [0.2, 0.25) is 0 Å². The van der Waals surface area contributed by atoms with Crippen LogP contribution >= 0.6 is 12.2 Å². The van der Waals surface area contributed by atoms with Gasteiger partial charge in [0.1, 0.15) is 4.99 Å². The average Bonchev–Trinajstić information content (AvgIpc) is 2.47. The van der Waals surface area contributed by atoms with E-state index in [-0.39, 0.29) is 5.91 Å². The maximum Gasteiger partial charge on any atom is 0.216 e. The molecule has 4 nitrogen and oxygen atoms in total. The van der Waals surface area contributed by atoms with Crippen molar-refractivity contribution < 1.29 is 4.79 Å². The van der Waals surface area contributed by atoms with Crippen molar-refractivity contribution in [3.63, 3.8) is 0 Å². The van der Waals surface area contributed by atoms with Gasteiger partial charge in [0.15, 0.2) is 0 Å². The lowest BCUT2D eigenvalue weighted by atomic mass is 9.96. The maximum atomic E-state index is 10.9. The summed E-state index contributed by atoms with van der Waals surface area (Å²) < 4.78 is 0. The van der Waals surface area contributed by atoms with E-state index >= 15 is 0 Å². The van der Waals surface area contributed by atoms with Gasteiger partial charge in [-0.1, -0.05) is 36.5 Å². The normalized spacial score (nSPS) is 16.6. The second-order valence-corrected chi connectivity index (χ2v) is 6.12. The molecule has 0 atom stereocenters. The van der Waals surface area contributed by atoms with Crippen LogP contribution in [0.1, 0.15) is 30.9 Å². The highest BCUT2D eigenvalue weighted by molar-refractivity contribution is 7.80. The number of benzene rings is 1. The highest BCUT2D eigenvalue weighted by Crippen LogP contribution is 2.20. The number of carbonyl (C=O) groups excluding carboxylic acids is 1. The lowest BCUT2D eigenvalue weighted by Gasteiger charge is -2.32. The van der Waals surface area contributed by atoms with Gasteiger partial charge in [0.25, 0.3) is 0 Å². The van der Waals surface area contributed by atoms with E-state index in [1.54, 1.807) is 6.92 Å². The zero-order chi connectivity index (χ0) is 15.2. The van der Waals surface area contributed by atoms with E-state index in [1.165, 1.54) is 5.56 Å². The van der Waals surface area contributed by atoms with Gasteiger partial charge in [-0.2, -0.15) is 0 Å². The van der Waals surface area contributed by atoms with E-state index < -0.39 is 0 Å². The van der Waals surface area contributed by atoms with Crippen LogP contribution in [-0.2, 0) is 11.3 Å². The van der Waals surface area contributed by atoms with Crippen LogP contribution < -0.4 is 11.1 Å². The summed E-state index contributed by atoms with van der Waals surface area (Å²) in [5, 5.41) is 2.91. The molecule has 1 fully saturated rings. The number of nitrogens with one attached hydrogen (secondary N) is 1. The highest BCUT2D eigenvalue weighted by Gasteiger charge is 2.20. The van der Waals surface area contributed by atoms with Gasteiger partial charge in [-0.25, -0.2) is 0 Å². The molecule has 114 valence electrons. The number of thiocarbonyl (C=S) groups is 1. The second-order valence-electron chi connectivity index (χ2n) is 5.68. The van der Waals surface area contributed by atoms with E-state index in [0.29, 0.717) is 10.9 Å². The van der Waals surface area contributed by atoms with Crippen molar-refractivity contribution in [2.45, 2.75) is 26.3 Å². The Morgan fingerprint density at radius 1 is 1.38 bits per heavy atom. The van der Waals surface area contributed by atoms with Crippen molar-refractivity contribution in [3.05, 3.63) is 35.4 Å². The summed E-state index contributed by atoms with van der Waals surface area (Å²) in [6, 6.07) is 8.08. The fourth-order valence-corrected chi connectivity index (χ4v) is 2.98. The standard InChI is InChI=1S/C16H23N3OS/c1-12(20)18-10-13-6-8-19(9-7-13)11-14-4-2-3-5-15(14)16(17)21/h2-5,13H,6-11H2,1H3,(H2,17,21)(H,18,20). The molecule has 1 saturated heterocycles. The average molecular weight is 305 g/mol. The van der Waals surface area contributed by atoms with Gasteiger partial charge >= 0.3 is 0 Å². The topological polar surface area (TPSA) is 58.4 Å². The van der Waals surface area contributed by atoms with E-state index in [9.17, 15) is 4.79 Å². The van der Waals surface area contributed by atoms with E-state index in [0.717, 1.165) is 44.6 Å². The summed E-state index contributed by atoms with van der Waals surface area (Å²) in [5.74, 6) is 0.652. The third kappa shape index (κ3) is 4.79. The fraction of sp³-hybridized carbons (Fsp3) is 0.500. The van der Waals surface area contributed by atoms with Gasteiger partial charge in [-0.05, 0) is 37.4 Å². The summed E-state index contributed by atoms with van der Waals surface area (Å²) >= 11 is 5.11. The number of nitrogens with two attached hydrogens (primary N) is 1. The van der Waals surface area contributed by atoms with E-state index in [2.05, 4.69) is 16.3 Å². The van der Waals surface area contributed by atoms with Crippen LogP contribution in [-0.4, -0.2) is 35.4 Å². The molecule has 1 aromatic rings. The first-order valence-corrected chi connectivity index (χ1v) is 7.81. The van der Waals surface area contributed by atoms with Crippen LogP contribution in [0, 0.1) is 5.92 Å². The minimum atomic E-state index is 0.0582. The summed E-state index contributed by atoms with van der Waals surface area (Å²) in [6.45, 7) is 5.36. The molecule has 0 aliphatic carbocycles. The smallest absolute Gasteiger partial charge is 0.216 e. The summed E-state index contributed by atoms with van der Waals surface area (Å²) in [6.07, 6.45) is 2.24. The molecule has 0 bridgehead atoms. The Bertz CT molecular complexity index is 510. The van der Waals surface area contributed by atoms with Crippen molar-refractivity contribution >= 4 is 23.1 Å². The van der Waals surface area contributed by atoms with Gasteiger partial charge in [-0.15, -0.1) is 0 Å². The van der Waals surface area contributed by atoms with Crippen molar-refractivity contribution in [2.75, 3.05) is 19.6 Å². The number of carbonyl (C=O) groups is 1. The number of rotatable bonds is 5. The molecule has 3 N–H and O–H groups in total. The third-order valence-electron chi connectivity index (χ3n) is 4.02. The number of hydrogen-bond donors (Lipinski definition) is 2. The minimum absolute atomic E-state index is 0.0582. The lowest BCUT2D eigenvalue weighted by Crippen LogP contribution is -2.38. The molecular formula is C16H23N3OS. The molecule has 1 heterocycles. The van der Waals surface area contributed by atoms with Crippen molar-refractivity contribution in [3.8, 4) is 0 Å². The molecule has 1 aliphatic rings. The van der Waals surface area contributed by atoms with Crippen LogP contribution in [0.5, 0.6) is 0 Å². The fourth-order valence-electron chi connectivity index (χ4n) is 2.78. The highest BCUT2D eigenvalue weighted by atomic mass is 32.1. The molecule has 2 rings (SSSR count). The predicted octanol–water partition coefficient (Wildman–Crippen LogP) is 1.67. The quantitative estimate of drug-likeness (QED) is 0.813. The van der Waals surface area contributed by atoms with Crippen LogP contribution in [0.25, 0.3) is 0 Å². The largest absolute Gasteiger partial charge is 0.389 e. The van der Waals surface area contributed by atoms with E-state index in [1.807, 2.05) is 18.2 Å². The maximum absolute atomic E-state index is 10.9. The Hall–Kier alpha value is -1.46. The first-order chi connectivity index (χ1) is 10.1. The SMILES string of the molecule is CC(=O)NCC1CCN(Cc2ccccc2C(N)=S)CC1. The lowest BCUT2D eigenvalue weighted by molar-refractivity contribution is -0.119. The van der Waals surface area contributed by atoms with Crippen LogP contribution in [0.4, 0.5) is 0 Å². The number of likely N-dealkylation sites (tertiary alicyclic amines) is 1. The number of amides is 1. The molecule has 0 aromatic heterocycles. The predicted molar refractivity (Wildman–Crippen MR) is 89.0 cm³/mol. The summed E-state index contributed by atoms with van der Waals surface area (Å²) in [5.41, 5.74) is 7.96. The molecular weight excluding hydrogens is 282 g/mol. The summed E-state index contributed by atoms with van der Waals surface area (Å²) in [4.78, 5) is 13.8. The van der Waals surface area contributed by atoms with Crippen molar-refractivity contribution in [1.29, 1.82) is 0 Å². The molecule has 1 aliphatic heterocycles. The Kier molecular flexibility index (Phi) is 5.70. The van der Waals surface area contributed by atoms with Gasteiger partial charge in [0, 0.05) is 25.6 Å². The van der Waals surface area contributed by atoms with Gasteiger partial charge in [0.05, 0.1) is 0 Å².